The highest BCUT2D eigenvalue weighted by Crippen LogP contribution is 2.39. The molecule has 0 spiro atoms. The maximum atomic E-state index is 12.1. The first-order valence-corrected chi connectivity index (χ1v) is 11.9. The summed E-state index contributed by atoms with van der Waals surface area (Å²) < 4.78 is 19.7. The third kappa shape index (κ3) is 7.01. The van der Waals surface area contributed by atoms with Gasteiger partial charge in [-0.05, 0) is 37.8 Å². The second kappa shape index (κ2) is 11.0. The molecule has 1 fully saturated rings. The lowest BCUT2D eigenvalue weighted by molar-refractivity contribution is -0.0295. The van der Waals surface area contributed by atoms with Crippen LogP contribution >= 0.6 is 8.53 Å². The summed E-state index contributed by atoms with van der Waals surface area (Å²) in [4.78, 5) is 25.7. The third-order valence-electron chi connectivity index (χ3n) is 5.04. The maximum Gasteiger partial charge on any atom is 0.330 e. The largest absolute Gasteiger partial charge is 0.436 e. The molecule has 3 rings (SSSR count). The summed E-state index contributed by atoms with van der Waals surface area (Å²) in [5.41, 5.74) is -0.887. The van der Waals surface area contributed by atoms with E-state index in [1.54, 1.807) is 0 Å². The molecule has 1 aliphatic heterocycles. The number of ether oxygens (including phenoxy) is 1. The van der Waals surface area contributed by atoms with E-state index in [1.807, 2.05) is 37.3 Å². The van der Waals surface area contributed by atoms with Gasteiger partial charge in [-0.2, -0.15) is 0 Å². The van der Waals surface area contributed by atoms with Gasteiger partial charge >= 0.3 is 14.2 Å². The van der Waals surface area contributed by atoms with E-state index in [0.29, 0.717) is 12.5 Å². The number of hydrogen-bond acceptors (Lipinski definition) is 6. The van der Waals surface area contributed by atoms with Gasteiger partial charge in [0.05, 0.1) is 12.7 Å². The van der Waals surface area contributed by atoms with E-state index in [2.05, 4.69) is 30.8 Å². The van der Waals surface area contributed by atoms with Crippen LogP contribution in [0.5, 0.6) is 5.75 Å². The van der Waals surface area contributed by atoms with Crippen LogP contribution < -0.4 is 20.9 Å². The summed E-state index contributed by atoms with van der Waals surface area (Å²) in [5.74, 6) is 1.41. The second-order valence-corrected chi connectivity index (χ2v) is 9.71. The average Bonchev–Trinajstić information content (AvgIpc) is 3.06. The Bertz CT molecular complexity index is 932. The molecule has 5 atom stereocenters. The average molecular weight is 449 g/mol. The molecule has 1 saturated heterocycles. The van der Waals surface area contributed by atoms with Gasteiger partial charge in [0.2, 0.25) is 0 Å². The first-order chi connectivity index (χ1) is 14.8. The fourth-order valence-electron chi connectivity index (χ4n) is 3.75. The highest BCUT2D eigenvalue weighted by Gasteiger charge is 2.35. The lowest BCUT2D eigenvalue weighted by atomic mass is 10.1. The number of nitrogens with zero attached hydrogens (tertiary/aromatic N) is 1. The minimum atomic E-state index is -1.36. The van der Waals surface area contributed by atoms with Crippen molar-refractivity contribution in [2.75, 3.05) is 6.61 Å². The fourth-order valence-corrected chi connectivity index (χ4v) is 5.01. The van der Waals surface area contributed by atoms with Crippen LogP contribution in [-0.2, 0) is 9.26 Å². The zero-order valence-corrected chi connectivity index (χ0v) is 19.4. The molecule has 31 heavy (non-hydrogen) atoms. The molecular weight excluding hydrogens is 417 g/mol. The van der Waals surface area contributed by atoms with Crippen LogP contribution in [0.15, 0.2) is 52.2 Å². The van der Waals surface area contributed by atoms with Gasteiger partial charge in [0.1, 0.15) is 12.0 Å². The lowest BCUT2D eigenvalue weighted by Gasteiger charge is -2.24. The van der Waals surface area contributed by atoms with E-state index in [0.717, 1.165) is 18.6 Å². The predicted octanol–water partition coefficient (Wildman–Crippen LogP) is 3.81. The van der Waals surface area contributed by atoms with Gasteiger partial charge in [-0.25, -0.2) is 9.88 Å². The molecule has 9 heteroatoms. The molecule has 5 unspecified atom stereocenters. The van der Waals surface area contributed by atoms with Crippen LogP contribution in [0.1, 0.15) is 46.8 Å². The predicted molar refractivity (Wildman–Crippen MR) is 121 cm³/mol. The maximum absolute atomic E-state index is 12.1. The van der Waals surface area contributed by atoms with Crippen molar-refractivity contribution in [1.82, 2.24) is 14.6 Å². The number of H-pyrrole nitrogens is 1. The van der Waals surface area contributed by atoms with E-state index in [4.69, 9.17) is 13.8 Å². The van der Waals surface area contributed by atoms with Crippen molar-refractivity contribution in [3.8, 4) is 5.75 Å². The summed E-state index contributed by atoms with van der Waals surface area (Å²) in [6.07, 6.45) is 2.62. The van der Waals surface area contributed by atoms with Crippen molar-refractivity contribution in [3.63, 3.8) is 0 Å². The van der Waals surface area contributed by atoms with Gasteiger partial charge in [0.25, 0.3) is 5.56 Å². The van der Waals surface area contributed by atoms with Gasteiger partial charge in [0, 0.05) is 24.2 Å². The van der Waals surface area contributed by atoms with Gasteiger partial charge in [-0.3, -0.25) is 14.3 Å². The number of hydrogen-bond donors (Lipinski definition) is 2. The highest BCUT2D eigenvalue weighted by molar-refractivity contribution is 7.45. The van der Waals surface area contributed by atoms with E-state index in [1.165, 1.54) is 16.8 Å². The van der Waals surface area contributed by atoms with E-state index in [9.17, 15) is 9.59 Å². The number of benzene rings is 1. The molecule has 0 bridgehead atoms. The molecule has 1 aromatic carbocycles. The number of nitrogens with one attached hydrogen (secondary N) is 2. The van der Waals surface area contributed by atoms with Crippen molar-refractivity contribution in [1.29, 1.82) is 0 Å². The van der Waals surface area contributed by atoms with Crippen molar-refractivity contribution in [2.45, 2.75) is 58.9 Å². The Hall–Kier alpha value is -1.99. The SMILES string of the molecule is CC(C)CC(C)NP(OCC1CC(C)C(n2ccc(=O)[nH]c2=O)O1)Oc1ccccc1. The van der Waals surface area contributed by atoms with E-state index >= 15 is 0 Å². The van der Waals surface area contributed by atoms with Gasteiger partial charge < -0.3 is 13.8 Å². The van der Waals surface area contributed by atoms with Crippen LogP contribution in [-0.4, -0.2) is 28.3 Å². The minimum absolute atomic E-state index is 0.103. The van der Waals surface area contributed by atoms with Crippen LogP contribution in [0, 0.1) is 11.8 Å². The van der Waals surface area contributed by atoms with Gasteiger partial charge in [-0.1, -0.05) is 39.0 Å². The van der Waals surface area contributed by atoms with Crippen LogP contribution in [0.3, 0.4) is 0 Å². The van der Waals surface area contributed by atoms with Crippen LogP contribution in [0.2, 0.25) is 0 Å². The molecular formula is C22H32N3O5P. The number of para-hydroxylation sites is 1. The topological polar surface area (TPSA) is 94.6 Å². The fraction of sp³-hybridized carbons (Fsp3) is 0.545. The summed E-state index contributed by atoms with van der Waals surface area (Å²) in [6, 6.07) is 11.2. The molecule has 0 radical (unpaired) electrons. The molecule has 170 valence electrons. The zero-order chi connectivity index (χ0) is 22.4. The number of rotatable bonds is 10. The quantitative estimate of drug-likeness (QED) is 0.536. The number of aromatic amines is 1. The summed E-state index contributed by atoms with van der Waals surface area (Å²) in [6.45, 7) is 8.87. The molecule has 2 aromatic rings. The monoisotopic (exact) mass is 449 g/mol. The normalized spacial score (nSPS) is 23.1. The summed E-state index contributed by atoms with van der Waals surface area (Å²) in [5, 5.41) is 3.46. The van der Waals surface area contributed by atoms with Crippen molar-refractivity contribution >= 4 is 8.53 Å². The molecule has 0 saturated carbocycles. The smallest absolute Gasteiger partial charge is 0.330 e. The Morgan fingerprint density at radius 2 is 1.97 bits per heavy atom. The number of aromatic nitrogens is 2. The Labute approximate surface area is 183 Å². The first-order valence-electron chi connectivity index (χ1n) is 10.7. The first kappa shape index (κ1) is 23.7. The van der Waals surface area contributed by atoms with Crippen LogP contribution in [0.4, 0.5) is 0 Å². The Morgan fingerprint density at radius 1 is 1.23 bits per heavy atom. The zero-order valence-electron chi connectivity index (χ0n) is 18.5. The third-order valence-corrected chi connectivity index (χ3v) is 6.45. The standard InChI is InChI=1S/C22H32N3O5P/c1-15(2)12-17(4)24-31(30-18-8-6-5-7-9-18)28-14-19-13-16(3)21(29-19)25-11-10-20(26)23-22(25)27/h5-11,15-17,19,21,24H,12-14H2,1-4H3,(H,23,26,27). The molecule has 1 aliphatic rings. The summed E-state index contributed by atoms with van der Waals surface area (Å²) in [7, 11) is -1.36. The Kier molecular flexibility index (Phi) is 8.43. The van der Waals surface area contributed by atoms with Gasteiger partial charge in [0.15, 0.2) is 0 Å². The Balaban J connectivity index is 1.62. The second-order valence-electron chi connectivity index (χ2n) is 8.50. The van der Waals surface area contributed by atoms with Crippen molar-refractivity contribution in [3.05, 3.63) is 63.4 Å². The van der Waals surface area contributed by atoms with E-state index in [-0.39, 0.29) is 18.1 Å². The Morgan fingerprint density at radius 3 is 2.65 bits per heavy atom. The lowest BCUT2D eigenvalue weighted by Crippen LogP contribution is -2.33. The van der Waals surface area contributed by atoms with E-state index < -0.39 is 26.0 Å². The molecule has 1 aromatic heterocycles. The molecule has 0 amide bonds. The van der Waals surface area contributed by atoms with Crippen molar-refractivity contribution in [2.24, 2.45) is 11.8 Å². The molecule has 8 nitrogen and oxygen atoms in total. The molecule has 2 heterocycles. The minimum Gasteiger partial charge on any atom is -0.436 e. The highest BCUT2D eigenvalue weighted by atomic mass is 31.2. The van der Waals surface area contributed by atoms with Crippen LogP contribution in [0.25, 0.3) is 0 Å². The molecule has 0 aliphatic carbocycles. The van der Waals surface area contributed by atoms with Gasteiger partial charge in [-0.15, -0.1) is 0 Å². The summed E-state index contributed by atoms with van der Waals surface area (Å²) >= 11 is 0. The molecule has 2 N–H and O–H groups in total. The van der Waals surface area contributed by atoms with Crippen molar-refractivity contribution < 1.29 is 13.8 Å².